The van der Waals surface area contributed by atoms with E-state index in [4.69, 9.17) is 23.7 Å². The first-order valence-corrected chi connectivity index (χ1v) is 11.3. The average molecular weight is 482 g/mol. The predicted octanol–water partition coefficient (Wildman–Crippen LogP) is 5.87. The number of rotatable bonds is 7. The van der Waals surface area contributed by atoms with Crippen LogP contribution in [0.4, 0.5) is 8.78 Å². The van der Waals surface area contributed by atoms with Gasteiger partial charge in [0.15, 0.2) is 11.6 Å². The molecule has 182 valence electrons. The molecular formula is C27H24F2O6. The highest BCUT2D eigenvalue weighted by atomic mass is 19.1. The molecule has 0 N–H and O–H groups in total. The molecule has 2 aliphatic rings. The van der Waals surface area contributed by atoms with Crippen LogP contribution in [0.1, 0.15) is 41.6 Å². The van der Waals surface area contributed by atoms with Gasteiger partial charge in [0.25, 0.3) is 0 Å². The van der Waals surface area contributed by atoms with Crippen molar-refractivity contribution < 1.29 is 37.3 Å². The largest absolute Gasteiger partial charge is 0.497 e. The number of hydrogen-bond donors (Lipinski definition) is 0. The molecule has 0 aromatic heterocycles. The van der Waals surface area contributed by atoms with E-state index >= 15 is 0 Å². The monoisotopic (exact) mass is 482 g/mol. The van der Waals surface area contributed by atoms with E-state index < -0.39 is 17.7 Å². The minimum atomic E-state index is -0.572. The maximum absolute atomic E-state index is 14.9. The Morgan fingerprint density at radius 3 is 2.57 bits per heavy atom. The maximum atomic E-state index is 14.9. The minimum absolute atomic E-state index is 0.0289. The van der Waals surface area contributed by atoms with Gasteiger partial charge in [0.1, 0.15) is 34.9 Å². The van der Waals surface area contributed by atoms with Crippen molar-refractivity contribution in [2.75, 3.05) is 20.8 Å². The summed E-state index contributed by atoms with van der Waals surface area (Å²) in [5.74, 6) is 0.627. The first-order valence-electron chi connectivity index (χ1n) is 11.3. The number of carbonyl (C=O) groups is 1. The van der Waals surface area contributed by atoms with Gasteiger partial charge in [0.05, 0.1) is 27.2 Å². The van der Waals surface area contributed by atoms with Crippen LogP contribution in [0.15, 0.2) is 48.5 Å². The van der Waals surface area contributed by atoms with Crippen LogP contribution < -0.4 is 18.9 Å². The summed E-state index contributed by atoms with van der Waals surface area (Å²) >= 11 is 0. The lowest BCUT2D eigenvalue weighted by Crippen LogP contribution is -2.09. The van der Waals surface area contributed by atoms with Crippen LogP contribution in [0.5, 0.6) is 28.7 Å². The third kappa shape index (κ3) is 4.48. The van der Waals surface area contributed by atoms with Crippen LogP contribution in [0.25, 0.3) is 0 Å². The van der Waals surface area contributed by atoms with Crippen molar-refractivity contribution in [3.8, 4) is 28.7 Å². The number of hydrogen-bond acceptors (Lipinski definition) is 6. The van der Waals surface area contributed by atoms with E-state index in [9.17, 15) is 13.6 Å². The summed E-state index contributed by atoms with van der Waals surface area (Å²) < 4.78 is 56.8. The number of fused-ring (bicyclic) bond motifs is 2. The Morgan fingerprint density at radius 2 is 1.80 bits per heavy atom. The summed E-state index contributed by atoms with van der Waals surface area (Å²) in [6.07, 6.45) is 0.774. The van der Waals surface area contributed by atoms with Gasteiger partial charge >= 0.3 is 5.97 Å². The molecule has 1 aliphatic heterocycles. The third-order valence-corrected chi connectivity index (χ3v) is 6.38. The Morgan fingerprint density at radius 1 is 1.00 bits per heavy atom. The van der Waals surface area contributed by atoms with Crippen molar-refractivity contribution in [1.82, 2.24) is 0 Å². The molecule has 1 aliphatic carbocycles. The lowest BCUT2D eigenvalue weighted by Gasteiger charge is -2.17. The Kier molecular flexibility index (Phi) is 6.19. The van der Waals surface area contributed by atoms with Crippen molar-refractivity contribution in [3.05, 3.63) is 76.9 Å². The van der Waals surface area contributed by atoms with Crippen LogP contribution in [-0.4, -0.2) is 26.8 Å². The van der Waals surface area contributed by atoms with Crippen molar-refractivity contribution in [2.24, 2.45) is 0 Å². The van der Waals surface area contributed by atoms with Crippen LogP contribution in [-0.2, 0) is 16.0 Å². The summed E-state index contributed by atoms with van der Waals surface area (Å²) in [5, 5.41) is 0. The predicted molar refractivity (Wildman–Crippen MR) is 122 cm³/mol. The number of ether oxygens (including phenoxy) is 5. The van der Waals surface area contributed by atoms with Gasteiger partial charge in [-0.3, -0.25) is 4.79 Å². The highest BCUT2D eigenvalue weighted by molar-refractivity contribution is 5.71. The molecule has 0 bridgehead atoms. The molecule has 6 nitrogen and oxygen atoms in total. The fourth-order valence-corrected chi connectivity index (χ4v) is 4.61. The standard InChI is InChI=1S/C27H24F2O6/c1-31-16-4-8-23(21(29)12-16)35-22-10-7-20(28)27-19(22)6-9-24(27)34-17-3-5-18-15(11-26(30)32-2)14-33-25(18)13-17/h3-5,7-8,10,12-13,15,24H,6,9,11,14H2,1-2H3. The first-order chi connectivity index (χ1) is 17.0. The van der Waals surface area contributed by atoms with Gasteiger partial charge in [-0.2, -0.15) is 0 Å². The van der Waals surface area contributed by atoms with Gasteiger partial charge in [-0.1, -0.05) is 6.07 Å². The smallest absolute Gasteiger partial charge is 0.306 e. The molecule has 35 heavy (non-hydrogen) atoms. The van der Waals surface area contributed by atoms with Gasteiger partial charge in [-0.05, 0) is 43.2 Å². The highest BCUT2D eigenvalue weighted by Gasteiger charge is 2.32. The maximum Gasteiger partial charge on any atom is 0.306 e. The lowest BCUT2D eigenvalue weighted by molar-refractivity contribution is -0.141. The zero-order valence-electron chi connectivity index (χ0n) is 19.3. The molecule has 0 saturated carbocycles. The molecule has 8 heteroatoms. The van der Waals surface area contributed by atoms with E-state index in [0.29, 0.717) is 53.6 Å². The Labute approximate surface area is 201 Å². The van der Waals surface area contributed by atoms with Crippen LogP contribution >= 0.6 is 0 Å². The summed E-state index contributed by atoms with van der Waals surface area (Å²) in [7, 11) is 2.81. The first kappa shape index (κ1) is 23.0. The van der Waals surface area contributed by atoms with E-state index in [1.165, 1.54) is 38.5 Å². The highest BCUT2D eigenvalue weighted by Crippen LogP contribution is 2.44. The molecule has 5 rings (SSSR count). The fraction of sp³-hybridized carbons (Fsp3) is 0.296. The van der Waals surface area contributed by atoms with Gasteiger partial charge < -0.3 is 23.7 Å². The Hall–Kier alpha value is -3.81. The van der Waals surface area contributed by atoms with Crippen molar-refractivity contribution >= 4 is 5.97 Å². The van der Waals surface area contributed by atoms with Gasteiger partial charge in [0.2, 0.25) is 0 Å². The van der Waals surface area contributed by atoms with Gasteiger partial charge in [-0.15, -0.1) is 0 Å². The molecule has 1 heterocycles. The van der Waals surface area contributed by atoms with Gasteiger partial charge in [-0.25, -0.2) is 8.78 Å². The van der Waals surface area contributed by atoms with Gasteiger partial charge in [0, 0.05) is 34.7 Å². The second kappa shape index (κ2) is 9.44. The second-order valence-corrected chi connectivity index (χ2v) is 8.47. The number of esters is 1. The molecule has 0 saturated heterocycles. The SMILES string of the molecule is COC(=O)CC1COc2cc(OC3CCc4c(Oc5ccc(OC)cc5F)ccc(F)c43)ccc21. The normalized spacial score (nSPS) is 17.8. The van der Waals surface area contributed by atoms with E-state index in [1.54, 1.807) is 18.2 Å². The molecule has 0 spiro atoms. The Balaban J connectivity index is 1.36. The quantitative estimate of drug-likeness (QED) is 0.393. The fourth-order valence-electron chi connectivity index (χ4n) is 4.61. The van der Waals surface area contributed by atoms with E-state index in [0.717, 1.165) is 5.56 Å². The summed E-state index contributed by atoms with van der Waals surface area (Å²) in [5.41, 5.74) is 1.97. The molecule has 3 aromatic carbocycles. The number of carbonyl (C=O) groups excluding carboxylic acids is 1. The topological polar surface area (TPSA) is 63.2 Å². The number of methoxy groups -OCH3 is 2. The lowest BCUT2D eigenvalue weighted by atomic mass is 9.98. The van der Waals surface area contributed by atoms with E-state index in [2.05, 4.69) is 0 Å². The Bertz CT molecular complexity index is 1270. The van der Waals surface area contributed by atoms with Crippen molar-refractivity contribution in [1.29, 1.82) is 0 Å². The molecule has 0 amide bonds. The summed E-state index contributed by atoms with van der Waals surface area (Å²) in [6.45, 7) is 0.386. The van der Waals surface area contributed by atoms with Crippen LogP contribution in [0, 0.1) is 11.6 Å². The van der Waals surface area contributed by atoms with E-state index in [1.807, 2.05) is 6.07 Å². The zero-order valence-corrected chi connectivity index (χ0v) is 19.3. The van der Waals surface area contributed by atoms with Crippen molar-refractivity contribution in [2.45, 2.75) is 31.3 Å². The van der Waals surface area contributed by atoms with E-state index in [-0.39, 0.29) is 24.1 Å². The van der Waals surface area contributed by atoms with Crippen molar-refractivity contribution in [3.63, 3.8) is 0 Å². The average Bonchev–Trinajstić information content (AvgIpc) is 3.46. The number of benzene rings is 3. The molecule has 0 fully saturated rings. The molecule has 2 unspecified atom stereocenters. The molecule has 2 atom stereocenters. The molecule has 3 aromatic rings. The van der Waals surface area contributed by atoms with Crippen LogP contribution in [0.3, 0.4) is 0 Å². The molecule has 0 radical (unpaired) electrons. The van der Waals surface area contributed by atoms with Crippen LogP contribution in [0.2, 0.25) is 0 Å². The zero-order chi connectivity index (χ0) is 24.5. The minimum Gasteiger partial charge on any atom is -0.497 e. The second-order valence-electron chi connectivity index (χ2n) is 8.47. The summed E-state index contributed by atoms with van der Waals surface area (Å²) in [6, 6.07) is 12.5. The molecular weight excluding hydrogens is 458 g/mol. The summed E-state index contributed by atoms with van der Waals surface area (Å²) in [4.78, 5) is 11.6. The number of halogens is 2. The third-order valence-electron chi connectivity index (χ3n) is 6.38.